The summed E-state index contributed by atoms with van der Waals surface area (Å²) >= 11 is 0. The first-order valence-electron chi connectivity index (χ1n) is 5.89. The van der Waals surface area contributed by atoms with Gasteiger partial charge in [-0.3, -0.25) is 0 Å². The molecule has 1 rings (SSSR count). The molecule has 1 fully saturated rings. The fourth-order valence-electron chi connectivity index (χ4n) is 2.71. The topological polar surface area (TPSA) is 20.2 Å². The highest BCUT2D eigenvalue weighted by atomic mass is 19.4. The minimum absolute atomic E-state index is 0.0304. The summed E-state index contributed by atoms with van der Waals surface area (Å²) in [6.07, 6.45) is -11.1. The van der Waals surface area contributed by atoms with E-state index < -0.39 is 35.1 Å². The quantitative estimate of drug-likeness (QED) is 0.618. The first-order valence-corrected chi connectivity index (χ1v) is 5.89. The summed E-state index contributed by atoms with van der Waals surface area (Å²) in [5, 5.41) is 9.35. The highest BCUT2D eigenvalue weighted by Gasteiger charge is 2.76. The molecule has 1 aliphatic carbocycles. The van der Waals surface area contributed by atoms with Gasteiger partial charge in [-0.05, 0) is 18.3 Å². The highest BCUT2D eigenvalue weighted by molar-refractivity contribution is 6.11. The van der Waals surface area contributed by atoms with Gasteiger partial charge in [0, 0.05) is 5.92 Å². The summed E-state index contributed by atoms with van der Waals surface area (Å²) < 4.78 is 76.5. The van der Waals surface area contributed by atoms with Crippen LogP contribution in [0.15, 0.2) is 0 Å². The molecule has 1 aliphatic rings. The van der Waals surface area contributed by atoms with E-state index >= 15 is 0 Å². The van der Waals surface area contributed by atoms with E-state index in [0.717, 1.165) is 6.92 Å². The Hall–Kier alpha value is -0.395. The van der Waals surface area contributed by atoms with E-state index in [4.69, 9.17) is 7.85 Å². The lowest BCUT2D eigenvalue weighted by atomic mass is 9.69. The van der Waals surface area contributed by atoms with Gasteiger partial charge in [0.05, 0.1) is 7.85 Å². The Balaban J connectivity index is 3.14. The molecule has 1 nitrogen and oxygen atoms in total. The molecular formula is C11H15BF6O. The molecule has 0 amide bonds. The van der Waals surface area contributed by atoms with Gasteiger partial charge >= 0.3 is 12.4 Å². The van der Waals surface area contributed by atoms with Crippen molar-refractivity contribution in [2.75, 3.05) is 0 Å². The Morgan fingerprint density at radius 2 is 1.42 bits per heavy atom. The summed E-state index contributed by atoms with van der Waals surface area (Å²) in [5.41, 5.74) is -5.88. The second kappa shape index (κ2) is 4.57. The molecule has 2 radical (unpaired) electrons. The van der Waals surface area contributed by atoms with Gasteiger partial charge in [0.25, 0.3) is 5.60 Å². The fraction of sp³-hybridized carbons (Fsp3) is 1.00. The Morgan fingerprint density at radius 1 is 1.05 bits per heavy atom. The SMILES string of the molecule is [B]C(C)CC1([C@H](C)C(O)(C(F)(F)F)C(F)(F)F)CC1. The van der Waals surface area contributed by atoms with Crippen LogP contribution >= 0.6 is 0 Å². The third kappa shape index (κ3) is 2.73. The summed E-state index contributed by atoms with van der Waals surface area (Å²) in [5.74, 6) is -2.50. The van der Waals surface area contributed by atoms with Crippen molar-refractivity contribution < 1.29 is 31.4 Å². The highest BCUT2D eigenvalue weighted by Crippen LogP contribution is 2.64. The molecule has 1 N–H and O–H groups in total. The number of rotatable bonds is 4. The summed E-state index contributed by atoms with van der Waals surface area (Å²) in [4.78, 5) is 0. The van der Waals surface area contributed by atoms with Crippen LogP contribution in [0.25, 0.3) is 0 Å². The first-order chi connectivity index (χ1) is 8.28. The molecular weight excluding hydrogens is 273 g/mol. The van der Waals surface area contributed by atoms with Crippen LogP contribution in [-0.2, 0) is 0 Å². The summed E-state index contributed by atoms with van der Waals surface area (Å²) in [6.45, 7) is 2.32. The third-order valence-electron chi connectivity index (χ3n) is 4.03. The maximum Gasteiger partial charge on any atom is 0.426 e. The van der Waals surface area contributed by atoms with Gasteiger partial charge in [-0.2, -0.15) is 26.3 Å². The predicted octanol–water partition coefficient (Wildman–Crippen LogP) is 3.63. The molecule has 2 atom stereocenters. The lowest BCUT2D eigenvalue weighted by Gasteiger charge is -2.41. The van der Waals surface area contributed by atoms with E-state index in [2.05, 4.69) is 0 Å². The van der Waals surface area contributed by atoms with Crippen LogP contribution in [0.1, 0.15) is 33.1 Å². The van der Waals surface area contributed by atoms with Crippen molar-refractivity contribution in [3.8, 4) is 0 Å². The van der Waals surface area contributed by atoms with Crippen molar-refractivity contribution in [1.82, 2.24) is 0 Å². The molecule has 110 valence electrons. The summed E-state index contributed by atoms with van der Waals surface area (Å²) in [6, 6.07) is 0. The third-order valence-corrected chi connectivity index (χ3v) is 4.03. The van der Waals surface area contributed by atoms with Crippen LogP contribution in [0, 0.1) is 11.3 Å². The van der Waals surface area contributed by atoms with E-state index in [1.807, 2.05) is 0 Å². The van der Waals surface area contributed by atoms with Gasteiger partial charge in [0.2, 0.25) is 0 Å². The Labute approximate surface area is 108 Å². The zero-order valence-corrected chi connectivity index (χ0v) is 10.6. The zero-order chi connectivity index (χ0) is 15.3. The van der Waals surface area contributed by atoms with Gasteiger partial charge in [0.15, 0.2) is 0 Å². The maximum atomic E-state index is 12.7. The van der Waals surface area contributed by atoms with Crippen molar-refractivity contribution in [1.29, 1.82) is 0 Å². The van der Waals surface area contributed by atoms with E-state index in [-0.39, 0.29) is 19.3 Å². The molecule has 0 aromatic carbocycles. The average molecular weight is 288 g/mol. The smallest absolute Gasteiger partial charge is 0.373 e. The van der Waals surface area contributed by atoms with Crippen LogP contribution in [0.2, 0.25) is 5.82 Å². The molecule has 0 saturated heterocycles. The molecule has 0 heterocycles. The van der Waals surface area contributed by atoms with Crippen LogP contribution < -0.4 is 0 Å². The van der Waals surface area contributed by atoms with E-state index in [1.165, 1.54) is 6.92 Å². The van der Waals surface area contributed by atoms with Crippen molar-refractivity contribution in [2.45, 2.75) is 56.9 Å². The van der Waals surface area contributed by atoms with E-state index in [1.54, 1.807) is 0 Å². The minimum atomic E-state index is -5.77. The number of aliphatic hydroxyl groups is 1. The molecule has 0 bridgehead atoms. The standard InChI is InChI=1S/C11H15BF6O/c1-6(12)5-8(3-4-8)7(2)9(19,10(13,14)15)11(16,17)18/h6-7,19H,3-5H2,1-2H3/t6?,7-/m0/s1. The predicted molar refractivity (Wildman–Crippen MR) is 57.7 cm³/mol. The second-order valence-electron chi connectivity index (χ2n) is 5.53. The number of hydrogen-bond donors (Lipinski definition) is 1. The van der Waals surface area contributed by atoms with Crippen LogP contribution in [0.4, 0.5) is 26.3 Å². The van der Waals surface area contributed by atoms with Crippen LogP contribution in [0.5, 0.6) is 0 Å². The Kier molecular flexibility index (Phi) is 4.00. The lowest BCUT2D eigenvalue weighted by molar-refractivity contribution is -0.389. The largest absolute Gasteiger partial charge is 0.426 e. The zero-order valence-electron chi connectivity index (χ0n) is 10.6. The lowest BCUT2D eigenvalue weighted by Crippen LogP contribution is -2.63. The molecule has 1 saturated carbocycles. The number of alkyl halides is 6. The molecule has 0 aliphatic heterocycles. The number of hydrogen-bond acceptors (Lipinski definition) is 1. The Morgan fingerprint density at radius 3 is 1.63 bits per heavy atom. The monoisotopic (exact) mass is 288 g/mol. The van der Waals surface area contributed by atoms with Gasteiger partial charge in [-0.25, -0.2) is 0 Å². The van der Waals surface area contributed by atoms with E-state index in [9.17, 15) is 31.4 Å². The second-order valence-corrected chi connectivity index (χ2v) is 5.53. The molecule has 0 aromatic heterocycles. The van der Waals surface area contributed by atoms with Gasteiger partial charge in [-0.1, -0.05) is 26.1 Å². The van der Waals surface area contributed by atoms with Crippen molar-refractivity contribution in [3.05, 3.63) is 0 Å². The van der Waals surface area contributed by atoms with Gasteiger partial charge < -0.3 is 5.11 Å². The van der Waals surface area contributed by atoms with E-state index in [0.29, 0.717) is 0 Å². The van der Waals surface area contributed by atoms with Crippen molar-refractivity contribution in [3.63, 3.8) is 0 Å². The number of halogens is 6. The molecule has 1 unspecified atom stereocenters. The molecule has 19 heavy (non-hydrogen) atoms. The maximum absolute atomic E-state index is 12.7. The summed E-state index contributed by atoms with van der Waals surface area (Å²) in [7, 11) is 5.47. The molecule has 0 aromatic rings. The van der Waals surface area contributed by atoms with Crippen molar-refractivity contribution >= 4 is 7.85 Å². The van der Waals surface area contributed by atoms with Gasteiger partial charge in [-0.15, -0.1) is 0 Å². The van der Waals surface area contributed by atoms with Crippen LogP contribution in [0.3, 0.4) is 0 Å². The van der Waals surface area contributed by atoms with Crippen LogP contribution in [-0.4, -0.2) is 30.9 Å². The van der Waals surface area contributed by atoms with Gasteiger partial charge in [0.1, 0.15) is 0 Å². The first kappa shape index (κ1) is 16.7. The molecule has 8 heteroatoms. The van der Waals surface area contributed by atoms with Crippen molar-refractivity contribution in [2.24, 2.45) is 11.3 Å². The average Bonchev–Trinajstić information content (AvgIpc) is 2.91. The molecule has 0 spiro atoms. The Bertz CT molecular complexity index is 317. The fourth-order valence-corrected chi connectivity index (χ4v) is 2.71. The normalized spacial score (nSPS) is 23.0. The minimum Gasteiger partial charge on any atom is -0.373 e.